The van der Waals surface area contributed by atoms with Gasteiger partial charge in [0.15, 0.2) is 6.61 Å². The molecule has 1 rings (SSSR count). The number of rotatable bonds is 5. The maximum Gasteiger partial charge on any atom is 0.341 e. The number of nitrogens with one attached hydrogen (secondary N) is 1. The summed E-state index contributed by atoms with van der Waals surface area (Å²) >= 11 is 3.10. The van der Waals surface area contributed by atoms with E-state index < -0.39 is 24.3 Å². The number of amides is 1. The summed E-state index contributed by atoms with van der Waals surface area (Å²) in [6.07, 6.45) is 0.167. The molecule has 1 aromatic rings. The molecule has 1 amide bonds. The lowest BCUT2D eigenvalue weighted by atomic mass is 10.2. The Balaban J connectivity index is 2.49. The second-order valence-electron chi connectivity index (χ2n) is 3.46. The third-order valence-electron chi connectivity index (χ3n) is 2.04. The summed E-state index contributed by atoms with van der Waals surface area (Å²) in [7, 11) is 0. The van der Waals surface area contributed by atoms with Crippen LogP contribution in [0.25, 0.3) is 0 Å². The molecule has 0 heterocycles. The number of carbonyl (C=O) groups is 2. The fourth-order valence-corrected chi connectivity index (χ4v) is 1.53. The van der Waals surface area contributed by atoms with Crippen molar-refractivity contribution in [1.29, 1.82) is 5.26 Å². The van der Waals surface area contributed by atoms with Crippen LogP contribution in [0.4, 0.5) is 4.39 Å². The smallest absolute Gasteiger partial charge is 0.341 e. The van der Waals surface area contributed by atoms with E-state index in [-0.39, 0.29) is 18.5 Å². The molecule has 0 fully saturated rings. The third kappa shape index (κ3) is 5.06. The van der Waals surface area contributed by atoms with E-state index in [2.05, 4.69) is 26.0 Å². The first-order valence-corrected chi connectivity index (χ1v) is 6.09. The van der Waals surface area contributed by atoms with Crippen LogP contribution in [-0.2, 0) is 9.53 Å². The molecule has 0 aliphatic rings. The Morgan fingerprint density at radius 3 is 2.89 bits per heavy atom. The summed E-state index contributed by atoms with van der Waals surface area (Å²) in [5.74, 6) is -2.19. The summed E-state index contributed by atoms with van der Waals surface area (Å²) < 4.78 is 18.5. The van der Waals surface area contributed by atoms with Crippen molar-refractivity contribution in [2.45, 2.75) is 6.42 Å². The van der Waals surface area contributed by atoms with E-state index in [1.54, 1.807) is 0 Å². The van der Waals surface area contributed by atoms with E-state index in [9.17, 15) is 14.0 Å². The fourth-order valence-electron chi connectivity index (χ4n) is 1.17. The van der Waals surface area contributed by atoms with Crippen LogP contribution in [-0.4, -0.2) is 25.0 Å². The number of hydrogen-bond acceptors (Lipinski definition) is 4. The number of benzene rings is 1. The molecule has 0 aliphatic heterocycles. The molecule has 0 saturated carbocycles. The predicted octanol–water partition coefficient (Wildman–Crippen LogP) is 1.77. The SMILES string of the molecule is N#CCCNC(=O)COC(=O)c1cc(Br)ccc1F. The van der Waals surface area contributed by atoms with Crippen LogP contribution < -0.4 is 5.32 Å². The predicted molar refractivity (Wildman–Crippen MR) is 67.6 cm³/mol. The first kappa shape index (κ1) is 15.1. The number of halogens is 2. The lowest BCUT2D eigenvalue weighted by molar-refractivity contribution is -0.124. The van der Waals surface area contributed by atoms with Gasteiger partial charge in [-0.3, -0.25) is 4.79 Å². The average molecular weight is 329 g/mol. The molecular formula is C12H10BrFN2O3. The first-order valence-electron chi connectivity index (χ1n) is 5.30. The Morgan fingerprint density at radius 2 is 2.21 bits per heavy atom. The zero-order valence-electron chi connectivity index (χ0n) is 9.78. The van der Waals surface area contributed by atoms with Gasteiger partial charge in [-0.15, -0.1) is 0 Å². The Hall–Kier alpha value is -1.94. The van der Waals surface area contributed by atoms with Crippen molar-refractivity contribution < 1.29 is 18.7 Å². The molecule has 0 aromatic heterocycles. The van der Waals surface area contributed by atoms with Gasteiger partial charge in [0.1, 0.15) is 5.82 Å². The van der Waals surface area contributed by atoms with Crippen molar-refractivity contribution >= 4 is 27.8 Å². The van der Waals surface area contributed by atoms with Crippen LogP contribution in [0.15, 0.2) is 22.7 Å². The van der Waals surface area contributed by atoms with Gasteiger partial charge in [0.25, 0.3) is 5.91 Å². The van der Waals surface area contributed by atoms with Crippen molar-refractivity contribution in [1.82, 2.24) is 5.32 Å². The zero-order valence-corrected chi connectivity index (χ0v) is 11.4. The topological polar surface area (TPSA) is 79.2 Å². The van der Waals surface area contributed by atoms with Crippen molar-refractivity contribution in [3.63, 3.8) is 0 Å². The molecule has 0 radical (unpaired) electrons. The average Bonchev–Trinajstić information content (AvgIpc) is 2.39. The van der Waals surface area contributed by atoms with Gasteiger partial charge in [-0.05, 0) is 18.2 Å². The van der Waals surface area contributed by atoms with Crippen LogP contribution >= 0.6 is 15.9 Å². The summed E-state index contributed by atoms with van der Waals surface area (Å²) in [4.78, 5) is 22.7. The highest BCUT2D eigenvalue weighted by Gasteiger charge is 2.15. The summed E-state index contributed by atoms with van der Waals surface area (Å²) in [6.45, 7) is -0.339. The van der Waals surface area contributed by atoms with Gasteiger partial charge in [0.05, 0.1) is 18.1 Å². The normalized spacial score (nSPS) is 9.53. The maximum absolute atomic E-state index is 13.3. The molecule has 1 aromatic carbocycles. The lowest BCUT2D eigenvalue weighted by Gasteiger charge is -2.06. The molecule has 0 saturated heterocycles. The van der Waals surface area contributed by atoms with Gasteiger partial charge >= 0.3 is 5.97 Å². The van der Waals surface area contributed by atoms with Crippen molar-refractivity contribution in [3.8, 4) is 6.07 Å². The standard InChI is InChI=1S/C12H10BrFN2O3/c13-8-2-3-10(14)9(6-8)12(18)19-7-11(17)16-5-1-4-15/h2-3,6H,1,5,7H2,(H,16,17). The second-order valence-corrected chi connectivity index (χ2v) is 4.37. The van der Waals surface area contributed by atoms with Crippen LogP contribution in [0.5, 0.6) is 0 Å². The maximum atomic E-state index is 13.3. The lowest BCUT2D eigenvalue weighted by Crippen LogP contribution is -2.29. The minimum absolute atomic E-state index is 0.167. The minimum Gasteiger partial charge on any atom is -0.452 e. The molecule has 0 atom stereocenters. The monoisotopic (exact) mass is 328 g/mol. The van der Waals surface area contributed by atoms with Gasteiger partial charge in [0, 0.05) is 11.0 Å². The van der Waals surface area contributed by atoms with E-state index in [1.807, 2.05) is 6.07 Å². The number of hydrogen-bond donors (Lipinski definition) is 1. The molecule has 5 nitrogen and oxygen atoms in total. The van der Waals surface area contributed by atoms with E-state index in [4.69, 9.17) is 5.26 Å². The highest BCUT2D eigenvalue weighted by atomic mass is 79.9. The molecule has 0 aliphatic carbocycles. The zero-order chi connectivity index (χ0) is 14.3. The molecule has 0 spiro atoms. The Bertz CT molecular complexity index is 528. The largest absolute Gasteiger partial charge is 0.452 e. The number of nitriles is 1. The summed E-state index contributed by atoms with van der Waals surface area (Å²) in [5, 5.41) is 10.6. The van der Waals surface area contributed by atoms with Gasteiger partial charge in [-0.1, -0.05) is 15.9 Å². The van der Waals surface area contributed by atoms with Crippen molar-refractivity contribution in [2.24, 2.45) is 0 Å². The number of esters is 1. The number of nitrogens with zero attached hydrogens (tertiary/aromatic N) is 1. The van der Waals surface area contributed by atoms with Gasteiger partial charge in [-0.25, -0.2) is 9.18 Å². The molecule has 1 N–H and O–H groups in total. The highest BCUT2D eigenvalue weighted by molar-refractivity contribution is 9.10. The Kier molecular flexibility index (Phi) is 5.96. The number of ether oxygens (including phenoxy) is 1. The molecule has 19 heavy (non-hydrogen) atoms. The van der Waals surface area contributed by atoms with E-state index in [1.165, 1.54) is 12.1 Å². The molecule has 100 valence electrons. The third-order valence-corrected chi connectivity index (χ3v) is 2.53. The van der Waals surface area contributed by atoms with E-state index in [0.29, 0.717) is 4.47 Å². The summed E-state index contributed by atoms with van der Waals surface area (Å²) in [6, 6.07) is 5.68. The second kappa shape index (κ2) is 7.48. The Morgan fingerprint density at radius 1 is 1.47 bits per heavy atom. The van der Waals surface area contributed by atoms with E-state index >= 15 is 0 Å². The molecule has 0 bridgehead atoms. The number of carbonyl (C=O) groups excluding carboxylic acids is 2. The van der Waals surface area contributed by atoms with E-state index in [0.717, 1.165) is 6.07 Å². The highest BCUT2D eigenvalue weighted by Crippen LogP contribution is 2.16. The molecule has 0 unspecified atom stereocenters. The van der Waals surface area contributed by atoms with Gasteiger partial charge in [0.2, 0.25) is 0 Å². The molecule has 7 heteroatoms. The van der Waals surface area contributed by atoms with Crippen molar-refractivity contribution in [2.75, 3.05) is 13.2 Å². The minimum atomic E-state index is -0.922. The summed E-state index contributed by atoms with van der Waals surface area (Å²) in [5.41, 5.74) is -0.251. The Labute approximate surface area is 117 Å². The van der Waals surface area contributed by atoms with Crippen LogP contribution in [0.3, 0.4) is 0 Å². The first-order chi connectivity index (χ1) is 9.04. The van der Waals surface area contributed by atoms with Crippen LogP contribution in [0.2, 0.25) is 0 Å². The quantitative estimate of drug-likeness (QED) is 0.660. The van der Waals surface area contributed by atoms with Crippen LogP contribution in [0, 0.1) is 17.1 Å². The fraction of sp³-hybridized carbons (Fsp3) is 0.250. The molecular weight excluding hydrogens is 319 g/mol. The van der Waals surface area contributed by atoms with Crippen LogP contribution in [0.1, 0.15) is 16.8 Å². The van der Waals surface area contributed by atoms with Gasteiger partial charge < -0.3 is 10.1 Å². The van der Waals surface area contributed by atoms with Crippen molar-refractivity contribution in [3.05, 3.63) is 34.1 Å². The van der Waals surface area contributed by atoms with Gasteiger partial charge in [-0.2, -0.15) is 5.26 Å².